The highest BCUT2D eigenvalue weighted by molar-refractivity contribution is 6.12. The molecule has 0 spiro atoms. The molecule has 3 aromatic carbocycles. The minimum Gasteiger partial charge on any atom is -0.505 e. The number of phenols is 1. The summed E-state index contributed by atoms with van der Waals surface area (Å²) < 4.78 is 0. The molecule has 0 aliphatic heterocycles. The zero-order valence-electron chi connectivity index (χ0n) is 16.4. The Kier molecular flexibility index (Phi) is 5.54. The smallest absolute Gasteiger partial charge is 0.259 e. The van der Waals surface area contributed by atoms with Crippen molar-refractivity contribution in [3.8, 4) is 11.8 Å². The number of nitriles is 1. The zero-order chi connectivity index (χ0) is 22.5. The van der Waals surface area contributed by atoms with Crippen LogP contribution in [0.25, 0.3) is 10.8 Å². The summed E-state index contributed by atoms with van der Waals surface area (Å²) in [7, 11) is 0. The van der Waals surface area contributed by atoms with Crippen LogP contribution in [0.3, 0.4) is 0 Å². The van der Waals surface area contributed by atoms with E-state index in [-0.39, 0.29) is 28.4 Å². The van der Waals surface area contributed by atoms with Gasteiger partial charge in [0, 0.05) is 5.39 Å². The monoisotopic (exact) mass is 425 g/mol. The number of hydrogen-bond donors (Lipinski definition) is 4. The van der Waals surface area contributed by atoms with Crippen molar-refractivity contribution in [2.45, 2.75) is 0 Å². The second kappa shape index (κ2) is 8.76. The quantitative estimate of drug-likeness (QED) is 0.266. The molecule has 10 heteroatoms. The predicted molar refractivity (Wildman–Crippen MR) is 117 cm³/mol. The molecule has 0 bridgehead atoms. The largest absolute Gasteiger partial charge is 0.505 e. The van der Waals surface area contributed by atoms with Crippen LogP contribution in [0.1, 0.15) is 15.9 Å². The van der Waals surface area contributed by atoms with E-state index >= 15 is 0 Å². The van der Waals surface area contributed by atoms with Gasteiger partial charge in [-0.25, -0.2) is 0 Å². The number of rotatable bonds is 6. The van der Waals surface area contributed by atoms with E-state index in [0.717, 1.165) is 0 Å². The van der Waals surface area contributed by atoms with Gasteiger partial charge in [0.05, 0.1) is 23.1 Å². The Hall–Kier alpha value is -5.04. The van der Waals surface area contributed by atoms with Crippen LogP contribution in [-0.4, -0.2) is 27.6 Å². The van der Waals surface area contributed by atoms with Gasteiger partial charge in [-0.2, -0.15) is 10.4 Å². The minimum atomic E-state index is -0.607. The second-order valence-corrected chi connectivity index (χ2v) is 6.55. The van der Waals surface area contributed by atoms with E-state index in [9.17, 15) is 14.7 Å². The summed E-state index contributed by atoms with van der Waals surface area (Å²) in [6.07, 6.45) is 1.81. The lowest BCUT2D eigenvalue weighted by molar-refractivity contribution is -0.105. The zero-order valence-corrected chi connectivity index (χ0v) is 16.4. The van der Waals surface area contributed by atoms with E-state index in [1.165, 1.54) is 12.3 Å². The summed E-state index contributed by atoms with van der Waals surface area (Å²) in [5.41, 5.74) is 0.969. The fourth-order valence-electron chi connectivity index (χ4n) is 3.10. The Bertz CT molecular complexity index is 1400. The molecular weight excluding hydrogens is 410 g/mol. The van der Waals surface area contributed by atoms with Crippen molar-refractivity contribution in [1.82, 2.24) is 10.2 Å². The van der Waals surface area contributed by atoms with Crippen molar-refractivity contribution in [3.63, 3.8) is 0 Å². The van der Waals surface area contributed by atoms with Crippen LogP contribution < -0.4 is 10.6 Å². The number of carbonyl (C=O) groups is 2. The third-order valence-electron chi connectivity index (χ3n) is 4.62. The average molecular weight is 425 g/mol. The molecule has 4 N–H and O–H groups in total. The minimum absolute atomic E-state index is 0.0383. The van der Waals surface area contributed by atoms with Crippen molar-refractivity contribution in [1.29, 1.82) is 5.26 Å². The van der Waals surface area contributed by atoms with Gasteiger partial charge in [-0.1, -0.05) is 36.4 Å². The lowest BCUT2D eigenvalue weighted by atomic mass is 10.0. The number of phenolic OH excluding ortho intramolecular Hbond substituents is 1. The van der Waals surface area contributed by atoms with Gasteiger partial charge in [0.2, 0.25) is 6.41 Å². The molecule has 0 aliphatic carbocycles. The Balaban J connectivity index is 1.78. The number of nitrogens with one attached hydrogen (secondary N) is 3. The first-order valence-electron chi connectivity index (χ1n) is 9.33. The number of nitrogens with zero attached hydrogens (tertiary/aromatic N) is 4. The van der Waals surface area contributed by atoms with Crippen LogP contribution >= 0.6 is 0 Å². The van der Waals surface area contributed by atoms with Crippen molar-refractivity contribution in [2.75, 3.05) is 10.6 Å². The molecule has 0 fully saturated rings. The molecule has 156 valence electrons. The first-order chi connectivity index (χ1) is 15.6. The van der Waals surface area contributed by atoms with E-state index in [0.29, 0.717) is 28.6 Å². The van der Waals surface area contributed by atoms with Gasteiger partial charge in [-0.05, 0) is 23.6 Å². The van der Waals surface area contributed by atoms with Gasteiger partial charge in [-0.3, -0.25) is 14.7 Å². The summed E-state index contributed by atoms with van der Waals surface area (Å²) in [5, 5.41) is 40.8. The fraction of sp³-hybridized carbons (Fsp3) is 0. The van der Waals surface area contributed by atoms with Gasteiger partial charge < -0.3 is 15.7 Å². The van der Waals surface area contributed by atoms with E-state index in [1.54, 1.807) is 48.5 Å². The van der Waals surface area contributed by atoms with Crippen LogP contribution in [0.2, 0.25) is 0 Å². The molecule has 4 rings (SSSR count). The van der Waals surface area contributed by atoms with E-state index in [4.69, 9.17) is 5.26 Å². The SMILES string of the molecule is N#Cc1cn[nH]c1N=Nc1c(O)c(C(=O)Nc2ccccc2NC=O)cc2ccccc12. The Morgan fingerprint density at radius 2 is 1.88 bits per heavy atom. The van der Waals surface area contributed by atoms with Crippen LogP contribution in [-0.2, 0) is 4.79 Å². The third-order valence-corrected chi connectivity index (χ3v) is 4.62. The van der Waals surface area contributed by atoms with Crippen molar-refractivity contribution < 1.29 is 14.7 Å². The van der Waals surface area contributed by atoms with Crippen LogP contribution in [0.5, 0.6) is 5.75 Å². The molecule has 0 aliphatic rings. The number of benzene rings is 3. The number of amides is 2. The Morgan fingerprint density at radius 1 is 1.12 bits per heavy atom. The molecule has 0 atom stereocenters. The summed E-state index contributed by atoms with van der Waals surface area (Å²) in [6, 6.07) is 17.2. The maximum Gasteiger partial charge on any atom is 0.259 e. The molecule has 0 saturated heterocycles. The van der Waals surface area contributed by atoms with Gasteiger partial charge in [-0.15, -0.1) is 10.2 Å². The number of H-pyrrole nitrogens is 1. The summed E-state index contributed by atoms with van der Waals surface area (Å²) in [6.45, 7) is 0. The number of hydrogen-bond acceptors (Lipinski definition) is 7. The highest BCUT2D eigenvalue weighted by atomic mass is 16.3. The van der Waals surface area contributed by atoms with Crippen LogP contribution in [0, 0.1) is 11.3 Å². The molecular formula is C22H15N7O3. The third kappa shape index (κ3) is 3.86. The van der Waals surface area contributed by atoms with Crippen molar-refractivity contribution in [3.05, 3.63) is 71.9 Å². The maximum absolute atomic E-state index is 13.0. The number of azo groups is 1. The van der Waals surface area contributed by atoms with Crippen molar-refractivity contribution >= 4 is 46.0 Å². The lowest BCUT2D eigenvalue weighted by Gasteiger charge is -2.13. The molecule has 4 aromatic rings. The van der Waals surface area contributed by atoms with Gasteiger partial charge in [0.1, 0.15) is 17.3 Å². The molecule has 2 amide bonds. The average Bonchev–Trinajstić information content (AvgIpc) is 3.27. The Morgan fingerprint density at radius 3 is 2.66 bits per heavy atom. The van der Waals surface area contributed by atoms with E-state index in [2.05, 4.69) is 31.1 Å². The Labute approximate surface area is 181 Å². The first-order valence-corrected chi connectivity index (χ1v) is 9.33. The van der Waals surface area contributed by atoms with Crippen molar-refractivity contribution in [2.24, 2.45) is 10.2 Å². The molecule has 0 unspecified atom stereocenters. The topological polar surface area (TPSA) is 156 Å². The number of aromatic amines is 1. The number of aromatic hydroxyl groups is 1. The number of aromatic nitrogens is 2. The maximum atomic E-state index is 13.0. The molecule has 10 nitrogen and oxygen atoms in total. The van der Waals surface area contributed by atoms with Gasteiger partial charge in [0.15, 0.2) is 11.6 Å². The molecule has 32 heavy (non-hydrogen) atoms. The first kappa shape index (κ1) is 20.2. The lowest BCUT2D eigenvalue weighted by Crippen LogP contribution is -2.13. The summed E-state index contributed by atoms with van der Waals surface area (Å²) in [4.78, 5) is 23.8. The molecule has 1 aromatic heterocycles. The van der Waals surface area contributed by atoms with Gasteiger partial charge in [0.25, 0.3) is 5.91 Å². The highest BCUT2D eigenvalue weighted by Gasteiger charge is 2.19. The molecule has 1 heterocycles. The van der Waals surface area contributed by atoms with E-state index < -0.39 is 5.91 Å². The van der Waals surface area contributed by atoms with Crippen LogP contribution in [0.15, 0.2) is 71.0 Å². The molecule has 0 radical (unpaired) electrons. The normalized spacial score (nSPS) is 10.7. The fourth-order valence-corrected chi connectivity index (χ4v) is 3.10. The highest BCUT2D eigenvalue weighted by Crippen LogP contribution is 2.39. The number of para-hydroxylation sites is 2. The van der Waals surface area contributed by atoms with E-state index in [1.807, 2.05) is 6.07 Å². The number of fused-ring (bicyclic) bond motifs is 1. The standard InChI is InChI=1S/C22H15N7O3/c23-10-14-11-25-28-21(14)29-27-19-15-6-2-1-5-13(15)9-16(20(19)31)22(32)26-18-8-4-3-7-17(18)24-12-30/h1-9,11-12,31H,(H,24,30)(H,25,28)(H,26,32). The molecule has 0 saturated carbocycles. The number of carbonyl (C=O) groups excluding carboxylic acids is 2. The summed E-state index contributed by atoms with van der Waals surface area (Å²) in [5.74, 6) is -0.868. The van der Waals surface area contributed by atoms with Crippen LogP contribution in [0.4, 0.5) is 22.9 Å². The van der Waals surface area contributed by atoms with Gasteiger partial charge >= 0.3 is 0 Å². The second-order valence-electron chi connectivity index (χ2n) is 6.55. The number of anilines is 2. The predicted octanol–water partition coefficient (Wildman–Crippen LogP) is 4.38. The summed E-state index contributed by atoms with van der Waals surface area (Å²) >= 11 is 0.